The van der Waals surface area contributed by atoms with Gasteiger partial charge in [-0.2, -0.15) is 0 Å². The van der Waals surface area contributed by atoms with Crippen molar-refractivity contribution in [3.05, 3.63) is 88.4 Å². The van der Waals surface area contributed by atoms with Gasteiger partial charge in [-0.05, 0) is 60.2 Å². The van der Waals surface area contributed by atoms with E-state index < -0.39 is 11.8 Å². The Morgan fingerprint density at radius 3 is 2.00 bits per heavy atom. The van der Waals surface area contributed by atoms with E-state index in [2.05, 4.69) is 10.9 Å². The number of rotatable bonds is 7. The van der Waals surface area contributed by atoms with Crippen molar-refractivity contribution in [2.75, 3.05) is 14.2 Å². The number of halogens is 1. The van der Waals surface area contributed by atoms with E-state index in [1.807, 2.05) is 36.4 Å². The Hall–Kier alpha value is -3.16. The van der Waals surface area contributed by atoms with E-state index in [1.165, 1.54) is 20.3 Å². The molecule has 0 fully saturated rings. The third kappa shape index (κ3) is 6.16. The standard InChI is InChI=1S/C23H21ClN2O4S/c1-29-20-12-7-17(13-21(20)30-2)23(28)26-25-22(27)16-5-3-15(4-6-16)14-31-19-10-8-18(24)9-11-19/h3-13H,14H2,1-2H3,(H,25,27)(H,26,28). The summed E-state index contributed by atoms with van der Waals surface area (Å²) in [4.78, 5) is 25.8. The summed E-state index contributed by atoms with van der Waals surface area (Å²) in [5.41, 5.74) is 6.66. The Balaban J connectivity index is 1.53. The lowest BCUT2D eigenvalue weighted by Gasteiger charge is -2.11. The third-order valence-electron chi connectivity index (χ3n) is 4.37. The zero-order valence-corrected chi connectivity index (χ0v) is 18.5. The van der Waals surface area contributed by atoms with Crippen LogP contribution in [0.4, 0.5) is 0 Å². The molecule has 31 heavy (non-hydrogen) atoms. The number of hydrazine groups is 1. The number of thioether (sulfide) groups is 1. The van der Waals surface area contributed by atoms with Crippen molar-refractivity contribution < 1.29 is 19.1 Å². The van der Waals surface area contributed by atoms with E-state index in [1.54, 1.807) is 36.0 Å². The number of nitrogens with one attached hydrogen (secondary N) is 2. The Morgan fingerprint density at radius 1 is 0.806 bits per heavy atom. The molecule has 2 N–H and O–H groups in total. The van der Waals surface area contributed by atoms with E-state index in [9.17, 15) is 9.59 Å². The van der Waals surface area contributed by atoms with Crippen molar-refractivity contribution in [2.24, 2.45) is 0 Å². The van der Waals surface area contributed by atoms with E-state index in [-0.39, 0.29) is 0 Å². The number of carbonyl (C=O) groups is 2. The first-order chi connectivity index (χ1) is 15.0. The molecule has 160 valence electrons. The average Bonchev–Trinajstić information content (AvgIpc) is 2.81. The van der Waals surface area contributed by atoms with Crippen LogP contribution in [0.1, 0.15) is 26.3 Å². The number of carbonyl (C=O) groups excluding carboxylic acids is 2. The summed E-state index contributed by atoms with van der Waals surface area (Å²) in [6, 6.07) is 19.6. The summed E-state index contributed by atoms with van der Waals surface area (Å²) in [5.74, 6) is 0.821. The van der Waals surface area contributed by atoms with Gasteiger partial charge in [0.05, 0.1) is 14.2 Å². The second kappa shape index (κ2) is 10.7. The van der Waals surface area contributed by atoms with Crippen LogP contribution in [0.3, 0.4) is 0 Å². The van der Waals surface area contributed by atoms with Gasteiger partial charge in [-0.15, -0.1) is 11.8 Å². The topological polar surface area (TPSA) is 76.7 Å². The van der Waals surface area contributed by atoms with Crippen LogP contribution < -0.4 is 20.3 Å². The molecule has 0 aliphatic carbocycles. The molecule has 3 aromatic rings. The fourth-order valence-electron chi connectivity index (χ4n) is 2.69. The highest BCUT2D eigenvalue weighted by Gasteiger charge is 2.12. The van der Waals surface area contributed by atoms with Crippen molar-refractivity contribution >= 4 is 35.2 Å². The van der Waals surface area contributed by atoms with Gasteiger partial charge in [0.15, 0.2) is 11.5 Å². The molecule has 0 bridgehead atoms. The number of benzene rings is 3. The maximum absolute atomic E-state index is 12.3. The first-order valence-electron chi connectivity index (χ1n) is 9.30. The van der Waals surface area contributed by atoms with E-state index in [0.717, 1.165) is 16.2 Å². The van der Waals surface area contributed by atoms with E-state index in [0.29, 0.717) is 27.6 Å². The summed E-state index contributed by atoms with van der Waals surface area (Å²) in [7, 11) is 3.00. The lowest BCUT2D eigenvalue weighted by atomic mass is 10.1. The van der Waals surface area contributed by atoms with Crippen LogP contribution in [0.5, 0.6) is 11.5 Å². The summed E-state index contributed by atoms with van der Waals surface area (Å²) in [6.07, 6.45) is 0. The first-order valence-corrected chi connectivity index (χ1v) is 10.7. The van der Waals surface area contributed by atoms with Crippen LogP contribution >= 0.6 is 23.4 Å². The van der Waals surface area contributed by atoms with E-state index >= 15 is 0 Å². The predicted molar refractivity (Wildman–Crippen MR) is 122 cm³/mol. The minimum atomic E-state index is -0.467. The largest absolute Gasteiger partial charge is 0.493 e. The maximum Gasteiger partial charge on any atom is 0.269 e. The molecule has 3 rings (SSSR count). The summed E-state index contributed by atoms with van der Waals surface area (Å²) >= 11 is 7.58. The molecule has 0 atom stereocenters. The van der Waals surface area contributed by atoms with Crippen molar-refractivity contribution in [3.8, 4) is 11.5 Å². The molecule has 0 saturated carbocycles. The second-order valence-electron chi connectivity index (χ2n) is 6.42. The van der Waals surface area contributed by atoms with Crippen molar-refractivity contribution in [1.82, 2.24) is 10.9 Å². The van der Waals surface area contributed by atoms with Crippen molar-refractivity contribution in [3.63, 3.8) is 0 Å². The molecule has 0 heterocycles. The molecule has 0 saturated heterocycles. The molecular formula is C23H21ClN2O4S. The molecule has 2 amide bonds. The predicted octanol–water partition coefficient (Wildman–Crippen LogP) is 4.72. The zero-order chi connectivity index (χ0) is 22.2. The number of amides is 2. The van der Waals surface area contributed by atoms with E-state index in [4.69, 9.17) is 21.1 Å². The van der Waals surface area contributed by atoms with Gasteiger partial charge in [-0.3, -0.25) is 20.4 Å². The third-order valence-corrected chi connectivity index (χ3v) is 5.71. The molecule has 0 aromatic heterocycles. The van der Waals surface area contributed by atoms with Crippen LogP contribution in [-0.2, 0) is 5.75 Å². The van der Waals surface area contributed by atoms with Crippen LogP contribution in [0.15, 0.2) is 71.6 Å². The number of methoxy groups -OCH3 is 2. The monoisotopic (exact) mass is 456 g/mol. The van der Waals surface area contributed by atoms with Crippen LogP contribution in [0.25, 0.3) is 0 Å². The summed E-state index contributed by atoms with van der Waals surface area (Å²) in [6.45, 7) is 0. The van der Waals surface area contributed by atoms with Gasteiger partial charge >= 0.3 is 0 Å². The molecule has 8 heteroatoms. The minimum Gasteiger partial charge on any atom is -0.493 e. The normalized spacial score (nSPS) is 10.3. The smallest absolute Gasteiger partial charge is 0.269 e. The Kier molecular flexibility index (Phi) is 7.81. The molecule has 3 aromatic carbocycles. The molecular weight excluding hydrogens is 436 g/mol. The Labute approximate surface area is 189 Å². The second-order valence-corrected chi connectivity index (χ2v) is 7.90. The van der Waals surface area contributed by atoms with Crippen LogP contribution in [0.2, 0.25) is 5.02 Å². The van der Waals surface area contributed by atoms with Crippen LogP contribution in [-0.4, -0.2) is 26.0 Å². The summed E-state index contributed by atoms with van der Waals surface area (Å²) < 4.78 is 10.3. The lowest BCUT2D eigenvalue weighted by molar-refractivity contribution is 0.0846. The zero-order valence-electron chi connectivity index (χ0n) is 17.0. The van der Waals surface area contributed by atoms with Gasteiger partial charge in [-0.1, -0.05) is 23.7 Å². The van der Waals surface area contributed by atoms with Crippen molar-refractivity contribution in [2.45, 2.75) is 10.6 Å². The van der Waals surface area contributed by atoms with Gasteiger partial charge in [0, 0.05) is 26.8 Å². The molecule has 0 unspecified atom stereocenters. The van der Waals surface area contributed by atoms with Gasteiger partial charge in [0.2, 0.25) is 0 Å². The maximum atomic E-state index is 12.3. The highest BCUT2D eigenvalue weighted by atomic mass is 35.5. The van der Waals surface area contributed by atoms with Gasteiger partial charge in [0.1, 0.15) is 0 Å². The quantitative estimate of drug-likeness (QED) is 0.397. The first kappa shape index (κ1) is 22.5. The molecule has 0 radical (unpaired) electrons. The Morgan fingerprint density at radius 2 is 1.39 bits per heavy atom. The SMILES string of the molecule is COc1ccc(C(=O)NNC(=O)c2ccc(CSc3ccc(Cl)cc3)cc2)cc1OC. The minimum absolute atomic E-state index is 0.326. The average molecular weight is 457 g/mol. The van der Waals surface area contributed by atoms with Gasteiger partial charge in [0.25, 0.3) is 11.8 Å². The highest BCUT2D eigenvalue weighted by molar-refractivity contribution is 7.98. The molecule has 6 nitrogen and oxygen atoms in total. The molecule has 0 spiro atoms. The number of hydrogen-bond donors (Lipinski definition) is 2. The van der Waals surface area contributed by atoms with Gasteiger partial charge in [-0.25, -0.2) is 0 Å². The summed E-state index contributed by atoms with van der Waals surface area (Å²) in [5, 5.41) is 0.706. The highest BCUT2D eigenvalue weighted by Crippen LogP contribution is 2.27. The van der Waals surface area contributed by atoms with Crippen molar-refractivity contribution in [1.29, 1.82) is 0 Å². The van der Waals surface area contributed by atoms with Gasteiger partial charge < -0.3 is 9.47 Å². The fraction of sp³-hybridized carbons (Fsp3) is 0.130. The van der Waals surface area contributed by atoms with Crippen LogP contribution in [0, 0.1) is 0 Å². The molecule has 0 aliphatic rings. The Bertz CT molecular complexity index is 1060. The fourth-order valence-corrected chi connectivity index (χ4v) is 3.67. The number of hydrogen-bond acceptors (Lipinski definition) is 5. The lowest BCUT2D eigenvalue weighted by Crippen LogP contribution is -2.41. The molecule has 0 aliphatic heterocycles. The number of ether oxygens (including phenoxy) is 2.